The van der Waals surface area contributed by atoms with Crippen molar-refractivity contribution in [2.75, 3.05) is 7.11 Å². The Morgan fingerprint density at radius 2 is 1.89 bits per heavy atom. The molecule has 1 rings (SSSR count). The Labute approximate surface area is 105 Å². The van der Waals surface area contributed by atoms with Crippen molar-refractivity contribution in [3.8, 4) is 0 Å². The summed E-state index contributed by atoms with van der Waals surface area (Å²) in [5.74, 6) is -1.22. The highest BCUT2D eigenvalue weighted by molar-refractivity contribution is 8.13. The van der Waals surface area contributed by atoms with Gasteiger partial charge in [0.2, 0.25) is 0 Å². The van der Waals surface area contributed by atoms with Crippen molar-refractivity contribution < 1.29 is 31.1 Å². The molecule has 4 nitrogen and oxygen atoms in total. The first-order chi connectivity index (χ1) is 8.09. The molecule has 0 aliphatic carbocycles. The third kappa shape index (κ3) is 2.94. The lowest BCUT2D eigenvalue weighted by atomic mass is 10.1. The van der Waals surface area contributed by atoms with E-state index in [0.717, 1.165) is 19.2 Å². The van der Waals surface area contributed by atoms with Gasteiger partial charge in [0.25, 0.3) is 9.05 Å². The molecule has 0 aliphatic heterocycles. The van der Waals surface area contributed by atoms with Gasteiger partial charge >= 0.3 is 12.1 Å². The van der Waals surface area contributed by atoms with Crippen LogP contribution in [0, 0.1) is 0 Å². The van der Waals surface area contributed by atoms with Crippen molar-refractivity contribution >= 4 is 25.7 Å². The van der Waals surface area contributed by atoms with Gasteiger partial charge in [0.1, 0.15) is 4.90 Å². The molecule has 0 amide bonds. The van der Waals surface area contributed by atoms with Crippen LogP contribution in [0.2, 0.25) is 0 Å². The number of carbonyl (C=O) groups is 1. The molecule has 0 heterocycles. The Kier molecular flexibility index (Phi) is 3.92. The first kappa shape index (κ1) is 14.8. The SMILES string of the molecule is COC(=O)c1cccc(C(F)(F)F)c1S(=O)(=O)Cl. The molecule has 0 atom stereocenters. The van der Waals surface area contributed by atoms with E-state index in [0.29, 0.717) is 6.07 Å². The van der Waals surface area contributed by atoms with Crippen molar-refractivity contribution in [3.05, 3.63) is 29.3 Å². The Morgan fingerprint density at radius 3 is 2.28 bits per heavy atom. The standard InChI is InChI=1S/C9H6ClF3O4S/c1-17-8(14)5-3-2-4-6(9(11,12)13)7(5)18(10,15)16/h2-4H,1H3. The molecule has 100 valence electrons. The molecule has 0 bridgehead atoms. The molecule has 9 heteroatoms. The summed E-state index contributed by atoms with van der Waals surface area (Å²) in [6, 6.07) is 2.29. The molecule has 0 saturated heterocycles. The van der Waals surface area contributed by atoms with E-state index in [-0.39, 0.29) is 0 Å². The predicted molar refractivity (Wildman–Crippen MR) is 55.8 cm³/mol. The van der Waals surface area contributed by atoms with Crippen LogP contribution in [0.3, 0.4) is 0 Å². The summed E-state index contributed by atoms with van der Waals surface area (Å²) in [6.45, 7) is 0. The number of carbonyl (C=O) groups excluding carboxylic acids is 1. The second kappa shape index (κ2) is 4.77. The maximum atomic E-state index is 12.7. The lowest BCUT2D eigenvalue weighted by Gasteiger charge is -2.13. The highest BCUT2D eigenvalue weighted by Gasteiger charge is 2.39. The van der Waals surface area contributed by atoms with Crippen molar-refractivity contribution in [2.45, 2.75) is 11.1 Å². The Bertz CT molecular complexity index is 580. The predicted octanol–water partition coefficient (Wildman–Crippen LogP) is 2.42. The van der Waals surface area contributed by atoms with Gasteiger partial charge in [0.05, 0.1) is 18.2 Å². The van der Waals surface area contributed by atoms with Crippen LogP contribution >= 0.6 is 10.7 Å². The van der Waals surface area contributed by atoms with Crippen LogP contribution < -0.4 is 0 Å². The smallest absolute Gasteiger partial charge is 0.417 e. The Balaban J connectivity index is 3.73. The minimum atomic E-state index is -4.96. The molecular formula is C9H6ClF3O4S. The molecule has 0 saturated carbocycles. The van der Waals surface area contributed by atoms with Crippen molar-refractivity contribution in [1.82, 2.24) is 0 Å². The van der Waals surface area contributed by atoms with Gasteiger partial charge in [-0.05, 0) is 12.1 Å². The highest BCUT2D eigenvalue weighted by atomic mass is 35.7. The van der Waals surface area contributed by atoms with Crippen LogP contribution in [0.4, 0.5) is 13.2 Å². The summed E-state index contributed by atoms with van der Waals surface area (Å²) in [5.41, 5.74) is -2.28. The van der Waals surface area contributed by atoms with E-state index in [9.17, 15) is 26.4 Å². The van der Waals surface area contributed by atoms with E-state index < -0.39 is 37.2 Å². The normalized spacial score (nSPS) is 12.3. The molecule has 0 aliphatic rings. The topological polar surface area (TPSA) is 60.4 Å². The third-order valence-corrected chi connectivity index (χ3v) is 3.36. The third-order valence-electron chi connectivity index (χ3n) is 1.97. The first-order valence-electron chi connectivity index (χ1n) is 4.32. The summed E-state index contributed by atoms with van der Waals surface area (Å²) in [6.07, 6.45) is -4.96. The van der Waals surface area contributed by atoms with Crippen LogP contribution in [0.5, 0.6) is 0 Å². The summed E-state index contributed by atoms with van der Waals surface area (Å²) < 4.78 is 64.6. The van der Waals surface area contributed by atoms with Crippen LogP contribution in [0.15, 0.2) is 23.1 Å². The number of alkyl halides is 3. The molecule has 1 aromatic carbocycles. The number of hydrogen-bond donors (Lipinski definition) is 0. The van der Waals surface area contributed by atoms with Crippen LogP contribution in [0.25, 0.3) is 0 Å². The van der Waals surface area contributed by atoms with Gasteiger partial charge in [-0.25, -0.2) is 13.2 Å². The fourth-order valence-electron chi connectivity index (χ4n) is 1.29. The number of hydrogen-bond acceptors (Lipinski definition) is 4. The average molecular weight is 303 g/mol. The van der Waals surface area contributed by atoms with E-state index in [2.05, 4.69) is 4.74 Å². The minimum Gasteiger partial charge on any atom is -0.465 e. The van der Waals surface area contributed by atoms with E-state index >= 15 is 0 Å². The largest absolute Gasteiger partial charge is 0.465 e. The molecule has 1 aromatic rings. The fourth-order valence-corrected chi connectivity index (χ4v) is 2.65. The Morgan fingerprint density at radius 1 is 1.33 bits per heavy atom. The van der Waals surface area contributed by atoms with E-state index in [1.807, 2.05) is 0 Å². The highest BCUT2D eigenvalue weighted by Crippen LogP contribution is 2.37. The summed E-state index contributed by atoms with van der Waals surface area (Å²) in [4.78, 5) is 9.95. The van der Waals surface area contributed by atoms with Gasteiger partial charge in [-0.2, -0.15) is 13.2 Å². The van der Waals surface area contributed by atoms with Crippen LogP contribution in [-0.2, 0) is 20.0 Å². The van der Waals surface area contributed by atoms with E-state index in [1.54, 1.807) is 0 Å². The monoisotopic (exact) mass is 302 g/mol. The van der Waals surface area contributed by atoms with E-state index in [1.165, 1.54) is 0 Å². The lowest BCUT2D eigenvalue weighted by Crippen LogP contribution is -2.16. The van der Waals surface area contributed by atoms with Crippen molar-refractivity contribution in [3.63, 3.8) is 0 Å². The van der Waals surface area contributed by atoms with Gasteiger partial charge in [-0.15, -0.1) is 0 Å². The van der Waals surface area contributed by atoms with Gasteiger partial charge in [0.15, 0.2) is 0 Å². The van der Waals surface area contributed by atoms with Crippen molar-refractivity contribution in [1.29, 1.82) is 0 Å². The number of halogens is 4. The zero-order valence-corrected chi connectivity index (χ0v) is 10.4. The van der Waals surface area contributed by atoms with E-state index in [4.69, 9.17) is 10.7 Å². The molecule has 0 radical (unpaired) electrons. The van der Waals surface area contributed by atoms with Gasteiger partial charge in [0, 0.05) is 10.7 Å². The number of esters is 1. The Hall–Kier alpha value is -1.28. The minimum absolute atomic E-state index is 0.516. The molecule has 0 aromatic heterocycles. The zero-order valence-electron chi connectivity index (χ0n) is 8.79. The maximum Gasteiger partial charge on any atom is 0.417 e. The number of rotatable bonds is 2. The fraction of sp³-hybridized carbons (Fsp3) is 0.222. The molecule has 0 fully saturated rings. The maximum absolute atomic E-state index is 12.7. The summed E-state index contributed by atoms with van der Waals surface area (Å²) >= 11 is 0. The average Bonchev–Trinajstić information content (AvgIpc) is 2.24. The second-order valence-electron chi connectivity index (χ2n) is 3.11. The van der Waals surface area contributed by atoms with Gasteiger partial charge in [-0.3, -0.25) is 0 Å². The molecule has 0 unspecified atom stereocenters. The van der Waals surface area contributed by atoms with Crippen molar-refractivity contribution in [2.24, 2.45) is 0 Å². The summed E-state index contributed by atoms with van der Waals surface area (Å²) in [5, 5.41) is 0. The van der Waals surface area contributed by atoms with Crippen LogP contribution in [-0.4, -0.2) is 21.5 Å². The molecule has 0 N–H and O–H groups in total. The first-order valence-corrected chi connectivity index (χ1v) is 6.63. The lowest BCUT2D eigenvalue weighted by molar-refractivity contribution is -0.139. The molecular weight excluding hydrogens is 297 g/mol. The molecule has 0 spiro atoms. The number of ether oxygens (including phenoxy) is 1. The number of methoxy groups -OCH3 is 1. The van der Waals surface area contributed by atoms with Gasteiger partial charge < -0.3 is 4.74 Å². The quantitative estimate of drug-likeness (QED) is 0.622. The summed E-state index contributed by atoms with van der Waals surface area (Å²) in [7, 11) is 1.10. The molecule has 18 heavy (non-hydrogen) atoms. The zero-order chi connectivity index (χ0) is 14.1. The number of benzene rings is 1. The van der Waals surface area contributed by atoms with Crippen LogP contribution in [0.1, 0.15) is 15.9 Å². The second-order valence-corrected chi connectivity index (χ2v) is 5.61. The van der Waals surface area contributed by atoms with Gasteiger partial charge in [-0.1, -0.05) is 6.07 Å².